The number of aromatic nitrogens is 2. The Labute approximate surface area is 73.3 Å². The van der Waals surface area contributed by atoms with E-state index < -0.39 is 0 Å². The van der Waals surface area contributed by atoms with Crippen molar-refractivity contribution < 1.29 is 4.74 Å². The lowest BCUT2D eigenvalue weighted by Gasteiger charge is -2.02. The highest BCUT2D eigenvalue weighted by Gasteiger charge is 1.99. The molecule has 4 nitrogen and oxygen atoms in total. The zero-order valence-electron chi connectivity index (χ0n) is 6.17. The standard InChI is InChI=1S/C6H10BrN3O/c1-4(7)11-3-6-9-2-5(8)10-6/h2,4H,3,8H2,1H3,(H,9,10). The molecule has 1 unspecified atom stereocenters. The van der Waals surface area contributed by atoms with E-state index in [-0.39, 0.29) is 5.01 Å². The van der Waals surface area contributed by atoms with Crippen LogP contribution >= 0.6 is 15.9 Å². The van der Waals surface area contributed by atoms with Gasteiger partial charge in [0.05, 0.1) is 6.20 Å². The Bertz CT molecular complexity index is 223. The van der Waals surface area contributed by atoms with Crippen LogP contribution in [-0.4, -0.2) is 15.0 Å². The highest BCUT2D eigenvalue weighted by atomic mass is 79.9. The predicted octanol–water partition coefficient (Wildman–Crippen LogP) is 1.25. The van der Waals surface area contributed by atoms with Crippen LogP contribution in [0.3, 0.4) is 0 Å². The molecule has 0 amide bonds. The van der Waals surface area contributed by atoms with Crippen molar-refractivity contribution in [1.82, 2.24) is 9.97 Å². The van der Waals surface area contributed by atoms with Crippen molar-refractivity contribution in [2.45, 2.75) is 18.5 Å². The lowest BCUT2D eigenvalue weighted by Crippen LogP contribution is -2.00. The Balaban J connectivity index is 2.39. The predicted molar refractivity (Wildman–Crippen MR) is 46.2 cm³/mol. The maximum absolute atomic E-state index is 5.40. The van der Waals surface area contributed by atoms with Crippen LogP contribution in [0.2, 0.25) is 0 Å². The molecule has 0 aromatic carbocycles. The van der Waals surface area contributed by atoms with E-state index in [0.29, 0.717) is 12.4 Å². The van der Waals surface area contributed by atoms with Crippen molar-refractivity contribution >= 4 is 21.7 Å². The third-order valence-corrected chi connectivity index (χ3v) is 1.36. The van der Waals surface area contributed by atoms with Gasteiger partial charge >= 0.3 is 0 Å². The summed E-state index contributed by atoms with van der Waals surface area (Å²) >= 11 is 3.24. The highest BCUT2D eigenvalue weighted by molar-refractivity contribution is 9.09. The third-order valence-electron chi connectivity index (χ3n) is 1.10. The average Bonchev–Trinajstić information content (AvgIpc) is 2.31. The molecule has 1 rings (SSSR count). The number of nitrogen functional groups attached to an aromatic ring is 1. The summed E-state index contributed by atoms with van der Waals surface area (Å²) in [7, 11) is 0. The minimum absolute atomic E-state index is 0.0359. The Morgan fingerprint density at radius 2 is 2.64 bits per heavy atom. The van der Waals surface area contributed by atoms with Gasteiger partial charge in [-0.1, -0.05) is 15.9 Å². The number of nitrogens with zero attached hydrogens (tertiary/aromatic N) is 1. The number of H-pyrrole nitrogens is 1. The van der Waals surface area contributed by atoms with Crippen LogP contribution in [0.1, 0.15) is 12.7 Å². The van der Waals surface area contributed by atoms with Gasteiger partial charge in [0.1, 0.15) is 23.3 Å². The summed E-state index contributed by atoms with van der Waals surface area (Å²) in [5.41, 5.74) is 5.40. The molecule has 5 heteroatoms. The first-order valence-electron chi connectivity index (χ1n) is 3.23. The van der Waals surface area contributed by atoms with Gasteiger partial charge in [0.2, 0.25) is 0 Å². The maximum atomic E-state index is 5.40. The smallest absolute Gasteiger partial charge is 0.133 e. The number of rotatable bonds is 3. The molecule has 0 bridgehead atoms. The molecule has 0 aliphatic heterocycles. The van der Waals surface area contributed by atoms with Crippen molar-refractivity contribution in [3.05, 3.63) is 12.0 Å². The second kappa shape index (κ2) is 3.73. The fraction of sp³-hybridized carbons (Fsp3) is 0.500. The van der Waals surface area contributed by atoms with Crippen LogP contribution < -0.4 is 5.73 Å². The topological polar surface area (TPSA) is 63.9 Å². The van der Waals surface area contributed by atoms with Crippen molar-refractivity contribution in [2.24, 2.45) is 0 Å². The van der Waals surface area contributed by atoms with Crippen LogP contribution in [0.25, 0.3) is 0 Å². The first-order valence-corrected chi connectivity index (χ1v) is 4.15. The summed E-state index contributed by atoms with van der Waals surface area (Å²) < 4.78 is 5.21. The summed E-state index contributed by atoms with van der Waals surface area (Å²) in [6.45, 7) is 2.34. The van der Waals surface area contributed by atoms with E-state index in [1.54, 1.807) is 6.20 Å². The molecule has 0 radical (unpaired) electrons. The van der Waals surface area contributed by atoms with Crippen LogP contribution in [0.5, 0.6) is 0 Å². The Morgan fingerprint density at radius 1 is 1.91 bits per heavy atom. The van der Waals surface area contributed by atoms with E-state index in [0.717, 1.165) is 5.82 Å². The van der Waals surface area contributed by atoms with Crippen LogP contribution in [0.4, 0.5) is 5.82 Å². The monoisotopic (exact) mass is 219 g/mol. The third kappa shape index (κ3) is 2.90. The fourth-order valence-corrected chi connectivity index (χ4v) is 0.778. The number of imidazole rings is 1. The quantitative estimate of drug-likeness (QED) is 0.753. The fourth-order valence-electron chi connectivity index (χ4n) is 0.646. The van der Waals surface area contributed by atoms with Crippen molar-refractivity contribution in [3.8, 4) is 0 Å². The van der Waals surface area contributed by atoms with E-state index >= 15 is 0 Å². The molecule has 1 heterocycles. The maximum Gasteiger partial charge on any atom is 0.133 e. The lowest BCUT2D eigenvalue weighted by atomic mass is 10.7. The van der Waals surface area contributed by atoms with Gasteiger partial charge in [0.15, 0.2) is 0 Å². The number of nitrogens with one attached hydrogen (secondary N) is 1. The van der Waals surface area contributed by atoms with E-state index in [2.05, 4.69) is 25.9 Å². The Kier molecular flexibility index (Phi) is 2.90. The van der Waals surface area contributed by atoms with E-state index in [4.69, 9.17) is 10.5 Å². The number of aromatic amines is 1. The van der Waals surface area contributed by atoms with Crippen LogP contribution in [0.15, 0.2) is 6.20 Å². The molecular weight excluding hydrogens is 210 g/mol. The molecular formula is C6H10BrN3O. The van der Waals surface area contributed by atoms with Gasteiger partial charge in [-0.15, -0.1) is 0 Å². The molecule has 0 saturated carbocycles. The second-order valence-corrected chi connectivity index (χ2v) is 3.43. The van der Waals surface area contributed by atoms with Crippen molar-refractivity contribution in [2.75, 3.05) is 5.73 Å². The second-order valence-electron chi connectivity index (χ2n) is 2.14. The summed E-state index contributed by atoms with van der Waals surface area (Å²) in [5, 5.41) is 0.0359. The number of anilines is 1. The zero-order chi connectivity index (χ0) is 8.27. The molecule has 1 aromatic heterocycles. The van der Waals surface area contributed by atoms with Crippen molar-refractivity contribution in [3.63, 3.8) is 0 Å². The van der Waals surface area contributed by atoms with Crippen molar-refractivity contribution in [1.29, 1.82) is 0 Å². The largest absolute Gasteiger partial charge is 0.384 e. The summed E-state index contributed by atoms with van der Waals surface area (Å²) in [5.74, 6) is 1.31. The zero-order valence-corrected chi connectivity index (χ0v) is 7.76. The Morgan fingerprint density at radius 3 is 3.09 bits per heavy atom. The van der Waals surface area contributed by atoms with Gasteiger partial charge in [0, 0.05) is 0 Å². The SMILES string of the molecule is CC(Br)OCc1ncc(N)[nH]1. The molecule has 0 saturated heterocycles. The molecule has 0 aliphatic rings. The normalized spacial score (nSPS) is 13.3. The highest BCUT2D eigenvalue weighted by Crippen LogP contribution is 2.04. The van der Waals surface area contributed by atoms with Gasteiger partial charge in [-0.3, -0.25) is 0 Å². The molecule has 62 valence electrons. The van der Waals surface area contributed by atoms with Gasteiger partial charge in [-0.25, -0.2) is 4.98 Å². The molecule has 0 aliphatic carbocycles. The Hall–Kier alpha value is -0.550. The minimum Gasteiger partial charge on any atom is -0.384 e. The van der Waals surface area contributed by atoms with E-state index in [1.807, 2.05) is 6.92 Å². The molecule has 11 heavy (non-hydrogen) atoms. The average molecular weight is 220 g/mol. The van der Waals surface area contributed by atoms with E-state index in [9.17, 15) is 0 Å². The first-order chi connectivity index (χ1) is 5.18. The molecule has 0 spiro atoms. The first kappa shape index (κ1) is 8.55. The summed E-state index contributed by atoms with van der Waals surface area (Å²) in [4.78, 5) is 6.81. The molecule has 3 N–H and O–H groups in total. The minimum atomic E-state index is 0.0359. The van der Waals surface area contributed by atoms with Crippen LogP contribution in [-0.2, 0) is 11.3 Å². The number of ether oxygens (including phenoxy) is 1. The number of halogens is 1. The number of alkyl halides is 1. The van der Waals surface area contributed by atoms with Gasteiger partial charge < -0.3 is 15.5 Å². The molecule has 1 aromatic rings. The van der Waals surface area contributed by atoms with Crippen LogP contribution in [0, 0.1) is 0 Å². The van der Waals surface area contributed by atoms with Gasteiger partial charge in [-0.2, -0.15) is 0 Å². The number of hydrogen-bond donors (Lipinski definition) is 2. The van der Waals surface area contributed by atoms with Gasteiger partial charge in [-0.05, 0) is 6.92 Å². The lowest BCUT2D eigenvalue weighted by molar-refractivity contribution is 0.110. The molecule has 1 atom stereocenters. The number of hydrogen-bond acceptors (Lipinski definition) is 3. The van der Waals surface area contributed by atoms with Gasteiger partial charge in [0.25, 0.3) is 0 Å². The summed E-state index contributed by atoms with van der Waals surface area (Å²) in [6.07, 6.45) is 1.57. The summed E-state index contributed by atoms with van der Waals surface area (Å²) in [6, 6.07) is 0. The number of nitrogens with two attached hydrogens (primary N) is 1. The molecule has 0 fully saturated rings. The van der Waals surface area contributed by atoms with E-state index in [1.165, 1.54) is 0 Å².